The second kappa shape index (κ2) is 8.43. The maximum atomic E-state index is 12.1. The third-order valence-electron chi connectivity index (χ3n) is 3.81. The topological polar surface area (TPSA) is 80.8 Å². The van der Waals surface area contributed by atoms with Gasteiger partial charge in [-0.2, -0.15) is 0 Å². The molecule has 7 nitrogen and oxygen atoms in total. The zero-order valence-corrected chi connectivity index (χ0v) is 17.6. The fourth-order valence-corrected chi connectivity index (χ4v) is 3.50. The molecule has 1 aliphatic heterocycles. The van der Waals surface area contributed by atoms with E-state index in [2.05, 4.69) is 26.2 Å². The minimum atomic E-state index is -0.557. The minimum absolute atomic E-state index is 0.108. The van der Waals surface area contributed by atoms with Gasteiger partial charge in [-0.15, -0.1) is 0 Å². The first-order valence-corrected chi connectivity index (χ1v) is 9.46. The molecule has 1 aliphatic rings. The van der Waals surface area contributed by atoms with E-state index in [1.165, 1.54) is 13.3 Å². The Kier molecular flexibility index (Phi) is 6.74. The summed E-state index contributed by atoms with van der Waals surface area (Å²) in [7, 11) is 1.32. The summed E-state index contributed by atoms with van der Waals surface area (Å²) in [6.45, 7) is 6.69. The number of aromatic nitrogens is 1. The van der Waals surface area contributed by atoms with Crippen molar-refractivity contribution in [2.24, 2.45) is 0 Å². The monoisotopic (exact) mass is 447 g/mol. The number of esters is 1. The van der Waals surface area contributed by atoms with Crippen molar-refractivity contribution in [3.05, 3.63) is 21.4 Å². The van der Waals surface area contributed by atoms with Crippen molar-refractivity contribution in [2.45, 2.75) is 45.3 Å². The quantitative estimate of drug-likeness (QED) is 0.560. The predicted octanol–water partition coefficient (Wildman–Crippen LogP) is 3.78. The van der Waals surface area contributed by atoms with Gasteiger partial charge >= 0.3 is 12.1 Å². The number of pyridine rings is 1. The molecular weight excluding hydrogens is 426 g/mol. The number of amides is 1. The third kappa shape index (κ3) is 5.23. The molecule has 0 spiro atoms. The van der Waals surface area contributed by atoms with Gasteiger partial charge < -0.3 is 19.7 Å². The molecule has 9 heteroatoms. The molecule has 1 saturated heterocycles. The summed E-state index contributed by atoms with van der Waals surface area (Å²) >= 11 is 9.54. The van der Waals surface area contributed by atoms with Gasteiger partial charge in [0.05, 0.1) is 17.3 Å². The lowest BCUT2D eigenvalue weighted by Gasteiger charge is -2.36. The molecule has 0 aliphatic carbocycles. The van der Waals surface area contributed by atoms with Gasteiger partial charge in [0.2, 0.25) is 0 Å². The van der Waals surface area contributed by atoms with E-state index in [1.54, 1.807) is 0 Å². The van der Waals surface area contributed by atoms with Crippen LogP contribution in [-0.4, -0.2) is 48.9 Å². The second-order valence-electron chi connectivity index (χ2n) is 7.05. The molecule has 0 unspecified atom stereocenters. The van der Waals surface area contributed by atoms with E-state index in [-0.39, 0.29) is 11.2 Å². The second-order valence-corrected chi connectivity index (χ2v) is 8.20. The van der Waals surface area contributed by atoms with Crippen molar-refractivity contribution in [3.8, 4) is 0 Å². The number of nitrogens with zero attached hydrogens (tertiary/aromatic N) is 2. The lowest BCUT2D eigenvalue weighted by molar-refractivity contribution is 0.0498. The molecule has 144 valence electrons. The van der Waals surface area contributed by atoms with Gasteiger partial charge in [0, 0.05) is 25.3 Å². The van der Waals surface area contributed by atoms with E-state index in [4.69, 9.17) is 21.1 Å². The Balaban J connectivity index is 2.20. The summed E-state index contributed by atoms with van der Waals surface area (Å²) in [4.78, 5) is 30.2. The highest BCUT2D eigenvalue weighted by Crippen LogP contribution is 2.36. The number of hydrogen-bond acceptors (Lipinski definition) is 6. The van der Waals surface area contributed by atoms with Crippen LogP contribution in [0.2, 0.25) is 5.15 Å². The van der Waals surface area contributed by atoms with Crippen molar-refractivity contribution in [2.75, 3.05) is 25.1 Å². The molecule has 0 saturated carbocycles. The number of alkyl carbamates (subject to hydrolysis) is 1. The van der Waals surface area contributed by atoms with Crippen LogP contribution < -0.4 is 10.2 Å². The van der Waals surface area contributed by atoms with Crippen molar-refractivity contribution >= 4 is 45.3 Å². The van der Waals surface area contributed by atoms with E-state index in [9.17, 15) is 9.59 Å². The summed E-state index contributed by atoms with van der Waals surface area (Å²) in [5.41, 5.74) is 0.382. The molecule has 26 heavy (non-hydrogen) atoms. The van der Waals surface area contributed by atoms with Crippen molar-refractivity contribution in [1.29, 1.82) is 0 Å². The molecule has 2 rings (SSSR count). The van der Waals surface area contributed by atoms with Crippen LogP contribution in [0, 0.1) is 0 Å². The fraction of sp³-hybridized carbons (Fsp3) is 0.588. The van der Waals surface area contributed by atoms with Crippen LogP contribution in [0.3, 0.4) is 0 Å². The summed E-state index contributed by atoms with van der Waals surface area (Å²) in [6.07, 6.45) is 2.61. The van der Waals surface area contributed by atoms with Gasteiger partial charge in [-0.1, -0.05) is 11.6 Å². The number of carbonyl (C=O) groups is 2. The summed E-state index contributed by atoms with van der Waals surface area (Å²) < 4.78 is 10.7. The minimum Gasteiger partial charge on any atom is -0.465 e. The maximum absolute atomic E-state index is 12.1. The number of methoxy groups -OCH3 is 1. The molecule has 2 heterocycles. The van der Waals surface area contributed by atoms with Crippen LogP contribution in [-0.2, 0) is 9.47 Å². The normalized spacial score (nSPS) is 17.6. The van der Waals surface area contributed by atoms with Gasteiger partial charge in [0.15, 0.2) is 0 Å². The largest absolute Gasteiger partial charge is 0.465 e. The Hall–Kier alpha value is -1.54. The number of ether oxygens (including phenoxy) is 2. The van der Waals surface area contributed by atoms with Crippen LogP contribution in [0.5, 0.6) is 0 Å². The van der Waals surface area contributed by atoms with Gasteiger partial charge in [-0.25, -0.2) is 14.6 Å². The average molecular weight is 449 g/mol. The van der Waals surface area contributed by atoms with E-state index < -0.39 is 17.7 Å². The molecule has 0 bridgehead atoms. The number of nitrogens with one attached hydrogen (secondary N) is 1. The molecular formula is C17H23BrClN3O4. The van der Waals surface area contributed by atoms with Gasteiger partial charge in [-0.05, 0) is 49.5 Å². The smallest absolute Gasteiger partial charge is 0.407 e. The Bertz CT molecular complexity index is 693. The van der Waals surface area contributed by atoms with E-state index >= 15 is 0 Å². The Labute approximate surface area is 166 Å². The zero-order chi connectivity index (χ0) is 19.5. The standard InChI is InChI=1S/C17H23BrClN3O4/c1-17(2,3)26-16(24)21-10-6-5-7-22(9-10)13-11(15(23)25-4)8-20-14(19)12(13)18/h8,10H,5-7,9H2,1-4H3,(H,21,24)/t10-/m1/s1. The van der Waals surface area contributed by atoms with Gasteiger partial charge in [-0.3, -0.25) is 0 Å². The third-order valence-corrected chi connectivity index (χ3v) is 5.08. The number of anilines is 1. The first-order chi connectivity index (χ1) is 12.1. The highest BCUT2D eigenvalue weighted by Gasteiger charge is 2.29. The van der Waals surface area contributed by atoms with Gasteiger partial charge in [0.1, 0.15) is 16.3 Å². The summed E-state index contributed by atoms with van der Waals surface area (Å²) in [5, 5.41) is 3.15. The number of halogens is 2. The van der Waals surface area contributed by atoms with Crippen LogP contribution in [0.15, 0.2) is 10.7 Å². The van der Waals surface area contributed by atoms with Crippen molar-refractivity contribution < 1.29 is 19.1 Å². The number of rotatable bonds is 3. The first kappa shape index (κ1) is 20.8. The number of piperidine rings is 1. The lowest BCUT2D eigenvalue weighted by atomic mass is 10.0. The number of hydrogen-bond donors (Lipinski definition) is 1. The molecule has 1 N–H and O–H groups in total. The highest BCUT2D eigenvalue weighted by molar-refractivity contribution is 9.10. The number of carbonyl (C=O) groups excluding carboxylic acids is 2. The zero-order valence-electron chi connectivity index (χ0n) is 15.3. The van der Waals surface area contributed by atoms with Crippen LogP contribution >= 0.6 is 27.5 Å². The first-order valence-electron chi connectivity index (χ1n) is 8.29. The lowest BCUT2D eigenvalue weighted by Crippen LogP contribution is -2.49. The summed E-state index contributed by atoms with van der Waals surface area (Å²) in [5.74, 6) is -0.493. The van der Waals surface area contributed by atoms with E-state index in [0.717, 1.165) is 19.4 Å². The Morgan fingerprint density at radius 3 is 2.73 bits per heavy atom. The molecule has 1 fully saturated rings. The molecule has 1 atom stereocenters. The molecule has 0 aromatic carbocycles. The van der Waals surface area contributed by atoms with Crippen molar-refractivity contribution in [3.63, 3.8) is 0 Å². The van der Waals surface area contributed by atoms with Crippen LogP contribution in [0.1, 0.15) is 44.0 Å². The maximum Gasteiger partial charge on any atom is 0.407 e. The molecule has 1 aromatic rings. The van der Waals surface area contributed by atoms with E-state index in [1.807, 2.05) is 25.7 Å². The average Bonchev–Trinajstić information content (AvgIpc) is 2.54. The molecule has 0 radical (unpaired) electrons. The molecule has 1 amide bonds. The summed E-state index contributed by atoms with van der Waals surface area (Å²) in [6, 6.07) is -0.108. The highest BCUT2D eigenvalue weighted by atomic mass is 79.9. The van der Waals surface area contributed by atoms with Crippen LogP contribution in [0.4, 0.5) is 10.5 Å². The fourth-order valence-electron chi connectivity index (χ4n) is 2.80. The Morgan fingerprint density at radius 2 is 2.12 bits per heavy atom. The molecule has 1 aromatic heterocycles. The predicted molar refractivity (Wildman–Crippen MR) is 103 cm³/mol. The van der Waals surface area contributed by atoms with Gasteiger partial charge in [0.25, 0.3) is 0 Å². The SMILES string of the molecule is COC(=O)c1cnc(Cl)c(Br)c1N1CCC[C@@H](NC(=O)OC(C)(C)C)C1. The Morgan fingerprint density at radius 1 is 1.42 bits per heavy atom. The van der Waals surface area contributed by atoms with Crippen LogP contribution in [0.25, 0.3) is 0 Å². The van der Waals surface area contributed by atoms with Crippen molar-refractivity contribution in [1.82, 2.24) is 10.3 Å². The van der Waals surface area contributed by atoms with E-state index in [0.29, 0.717) is 22.3 Å².